The summed E-state index contributed by atoms with van der Waals surface area (Å²) in [6.07, 6.45) is 1.63. The van der Waals surface area contributed by atoms with Crippen LogP contribution in [0.5, 0.6) is 0 Å². The van der Waals surface area contributed by atoms with Crippen molar-refractivity contribution in [2.75, 3.05) is 5.73 Å². The Morgan fingerprint density at radius 2 is 2.05 bits per heavy atom. The van der Waals surface area contributed by atoms with Crippen LogP contribution in [0.4, 0.5) is 10.3 Å². The van der Waals surface area contributed by atoms with E-state index in [4.69, 9.17) is 10.3 Å². The summed E-state index contributed by atoms with van der Waals surface area (Å²) in [7, 11) is 0. The van der Waals surface area contributed by atoms with Crippen LogP contribution in [0.15, 0.2) is 51.6 Å². The molecule has 0 saturated carbocycles. The maximum absolute atomic E-state index is 14.1. The molecule has 4 nitrogen and oxygen atoms in total. The minimum atomic E-state index is -0.412. The zero-order valence-corrected chi connectivity index (χ0v) is 11.8. The van der Waals surface area contributed by atoms with Crippen LogP contribution >= 0.6 is 15.9 Å². The molecule has 0 radical (unpaired) electrons. The third kappa shape index (κ3) is 2.18. The van der Waals surface area contributed by atoms with E-state index in [-0.39, 0.29) is 5.88 Å². The molecule has 3 rings (SSSR count). The monoisotopic (exact) mass is 333 g/mol. The Hall–Kier alpha value is -2.21. The van der Waals surface area contributed by atoms with Crippen LogP contribution in [-0.2, 0) is 0 Å². The summed E-state index contributed by atoms with van der Waals surface area (Å²) in [6, 6.07) is 10.1. The molecular weight excluding hydrogens is 325 g/mol. The van der Waals surface area contributed by atoms with Crippen LogP contribution in [-0.4, -0.2) is 10.1 Å². The molecule has 2 N–H and O–H groups in total. The van der Waals surface area contributed by atoms with E-state index in [0.29, 0.717) is 27.0 Å². The molecule has 20 heavy (non-hydrogen) atoms. The lowest BCUT2D eigenvalue weighted by atomic mass is 10.0. The molecule has 0 bridgehead atoms. The Bertz CT molecular complexity index is 758. The molecule has 1 aromatic carbocycles. The van der Waals surface area contributed by atoms with Gasteiger partial charge in [0.25, 0.3) is 0 Å². The van der Waals surface area contributed by atoms with Gasteiger partial charge < -0.3 is 10.3 Å². The molecule has 0 unspecified atom stereocenters. The van der Waals surface area contributed by atoms with Crippen LogP contribution in [0, 0.1) is 5.82 Å². The van der Waals surface area contributed by atoms with Crippen LogP contribution in [0.2, 0.25) is 0 Å². The van der Waals surface area contributed by atoms with E-state index in [2.05, 4.69) is 26.1 Å². The first-order chi connectivity index (χ1) is 9.66. The van der Waals surface area contributed by atoms with Crippen molar-refractivity contribution in [2.45, 2.75) is 0 Å². The number of aromatic nitrogens is 2. The normalized spacial score (nSPS) is 10.7. The Balaban J connectivity index is 2.21. The largest absolute Gasteiger partial charge is 0.367 e. The lowest BCUT2D eigenvalue weighted by molar-refractivity contribution is 0.439. The highest BCUT2D eigenvalue weighted by atomic mass is 79.9. The zero-order valence-electron chi connectivity index (χ0n) is 10.2. The third-order valence-corrected chi connectivity index (χ3v) is 3.32. The van der Waals surface area contributed by atoms with E-state index in [1.54, 1.807) is 30.5 Å². The second-order valence-electron chi connectivity index (χ2n) is 4.11. The maximum atomic E-state index is 14.1. The van der Waals surface area contributed by atoms with Gasteiger partial charge in [-0.3, -0.25) is 4.98 Å². The number of rotatable bonds is 2. The number of anilines is 1. The van der Waals surface area contributed by atoms with Gasteiger partial charge in [0.2, 0.25) is 5.88 Å². The van der Waals surface area contributed by atoms with E-state index in [1.807, 2.05) is 6.07 Å². The number of nitrogen functional groups attached to an aromatic ring is 1. The molecule has 100 valence electrons. The van der Waals surface area contributed by atoms with Crippen LogP contribution in [0.1, 0.15) is 0 Å². The summed E-state index contributed by atoms with van der Waals surface area (Å²) in [5.41, 5.74) is 7.52. The summed E-state index contributed by atoms with van der Waals surface area (Å²) in [5, 5.41) is 3.86. The van der Waals surface area contributed by atoms with Crippen molar-refractivity contribution in [3.63, 3.8) is 0 Å². The van der Waals surface area contributed by atoms with Crippen LogP contribution in [0.3, 0.4) is 0 Å². The summed E-state index contributed by atoms with van der Waals surface area (Å²) in [6.45, 7) is 0. The Kier molecular flexibility index (Phi) is 3.23. The highest BCUT2D eigenvalue weighted by Crippen LogP contribution is 2.36. The van der Waals surface area contributed by atoms with E-state index >= 15 is 0 Å². The summed E-state index contributed by atoms with van der Waals surface area (Å²) >= 11 is 3.22. The first-order valence-corrected chi connectivity index (χ1v) is 6.58. The van der Waals surface area contributed by atoms with E-state index < -0.39 is 5.82 Å². The van der Waals surface area contributed by atoms with Gasteiger partial charge in [-0.15, -0.1) is 0 Å². The highest BCUT2D eigenvalue weighted by Gasteiger charge is 2.20. The fourth-order valence-corrected chi connectivity index (χ4v) is 2.26. The van der Waals surface area contributed by atoms with E-state index in [9.17, 15) is 4.39 Å². The predicted molar refractivity (Wildman–Crippen MR) is 77.2 cm³/mol. The minimum Gasteiger partial charge on any atom is -0.367 e. The van der Waals surface area contributed by atoms with Gasteiger partial charge in [0.1, 0.15) is 11.5 Å². The third-order valence-electron chi connectivity index (χ3n) is 2.83. The molecule has 0 atom stereocenters. The number of nitrogens with zero attached hydrogens (tertiary/aromatic N) is 2. The highest BCUT2D eigenvalue weighted by molar-refractivity contribution is 9.10. The number of hydrogen-bond donors (Lipinski definition) is 1. The predicted octanol–water partition coefficient (Wildman–Crippen LogP) is 3.89. The van der Waals surface area contributed by atoms with Gasteiger partial charge in [0, 0.05) is 16.2 Å². The van der Waals surface area contributed by atoms with Crippen molar-refractivity contribution in [3.05, 3.63) is 52.9 Å². The molecule has 0 aliphatic heterocycles. The Morgan fingerprint density at radius 1 is 1.20 bits per heavy atom. The Labute approximate surface area is 122 Å². The van der Waals surface area contributed by atoms with Crippen molar-refractivity contribution in [2.24, 2.45) is 0 Å². The molecule has 0 aliphatic carbocycles. The number of pyridine rings is 1. The Morgan fingerprint density at radius 3 is 2.75 bits per heavy atom. The van der Waals surface area contributed by atoms with Gasteiger partial charge in [-0.25, -0.2) is 4.39 Å². The topological polar surface area (TPSA) is 64.9 Å². The van der Waals surface area contributed by atoms with Gasteiger partial charge in [-0.05, 0) is 30.3 Å². The van der Waals surface area contributed by atoms with Crippen LogP contribution < -0.4 is 5.73 Å². The van der Waals surface area contributed by atoms with Crippen molar-refractivity contribution in [1.29, 1.82) is 0 Å². The minimum absolute atomic E-state index is 0.112. The lowest BCUT2D eigenvalue weighted by Crippen LogP contribution is -1.91. The molecule has 2 aromatic heterocycles. The van der Waals surface area contributed by atoms with Crippen LogP contribution in [0.25, 0.3) is 22.5 Å². The molecule has 0 saturated heterocycles. The summed E-state index contributed by atoms with van der Waals surface area (Å²) in [5.74, 6) is -0.300. The van der Waals surface area contributed by atoms with Crippen molar-refractivity contribution in [1.82, 2.24) is 10.1 Å². The van der Waals surface area contributed by atoms with Crippen molar-refractivity contribution in [3.8, 4) is 22.5 Å². The quantitative estimate of drug-likeness (QED) is 0.772. The number of nitrogens with two attached hydrogens (primary N) is 1. The molecule has 0 fully saturated rings. The molecule has 2 heterocycles. The number of benzene rings is 1. The second kappa shape index (κ2) is 5.05. The maximum Gasteiger partial charge on any atom is 0.232 e. The standard InChI is InChI=1S/C14H9BrFN3O/c15-8-4-5-9(10(16)7-8)13-12(14(17)20-19-13)11-3-1-2-6-18-11/h1-7H,17H2. The molecule has 3 aromatic rings. The van der Waals surface area contributed by atoms with Crippen molar-refractivity contribution >= 4 is 21.8 Å². The average Bonchev–Trinajstić information content (AvgIpc) is 2.81. The first-order valence-electron chi connectivity index (χ1n) is 5.79. The fraction of sp³-hybridized carbons (Fsp3) is 0. The fourth-order valence-electron chi connectivity index (χ4n) is 1.93. The molecular formula is C14H9BrFN3O. The molecule has 0 aliphatic rings. The first kappa shape index (κ1) is 12.8. The van der Waals surface area contributed by atoms with Gasteiger partial charge in [-0.1, -0.05) is 27.2 Å². The SMILES string of the molecule is Nc1onc(-c2ccc(Br)cc2F)c1-c1ccccn1. The van der Waals surface area contributed by atoms with Gasteiger partial charge in [0.05, 0.1) is 11.3 Å². The van der Waals surface area contributed by atoms with E-state index in [1.165, 1.54) is 6.07 Å². The van der Waals surface area contributed by atoms with Gasteiger partial charge in [-0.2, -0.15) is 0 Å². The van der Waals surface area contributed by atoms with Gasteiger partial charge in [0.15, 0.2) is 0 Å². The molecule has 0 spiro atoms. The second-order valence-corrected chi connectivity index (χ2v) is 5.03. The molecule has 0 amide bonds. The molecule has 6 heteroatoms. The van der Waals surface area contributed by atoms with Gasteiger partial charge >= 0.3 is 0 Å². The summed E-state index contributed by atoms with van der Waals surface area (Å²) < 4.78 is 19.7. The smallest absolute Gasteiger partial charge is 0.232 e. The zero-order chi connectivity index (χ0) is 14.1. The van der Waals surface area contributed by atoms with E-state index in [0.717, 1.165) is 0 Å². The lowest BCUT2D eigenvalue weighted by Gasteiger charge is -2.03. The number of halogens is 2. The average molecular weight is 334 g/mol. The summed E-state index contributed by atoms with van der Waals surface area (Å²) in [4.78, 5) is 4.20. The van der Waals surface area contributed by atoms with Crippen molar-refractivity contribution < 1.29 is 8.91 Å². The number of hydrogen-bond acceptors (Lipinski definition) is 4.